The van der Waals surface area contributed by atoms with E-state index in [0.717, 1.165) is 18.2 Å². The van der Waals surface area contributed by atoms with Gasteiger partial charge in [-0.3, -0.25) is 4.79 Å². The first-order valence-corrected chi connectivity index (χ1v) is 7.87. The van der Waals surface area contributed by atoms with E-state index in [-0.39, 0.29) is 11.4 Å². The Morgan fingerprint density at radius 1 is 1.30 bits per heavy atom. The normalized spacial score (nSPS) is 11.8. The van der Waals surface area contributed by atoms with Crippen LogP contribution in [0.5, 0.6) is 5.75 Å². The van der Waals surface area contributed by atoms with Crippen molar-refractivity contribution < 1.29 is 9.53 Å². The van der Waals surface area contributed by atoms with Crippen LogP contribution in [-0.4, -0.2) is 37.1 Å². The van der Waals surface area contributed by atoms with Crippen LogP contribution in [0.1, 0.15) is 34.6 Å². The number of guanidine groups is 1. The molecule has 6 nitrogen and oxygen atoms in total. The first-order valence-electron chi connectivity index (χ1n) is 7.87. The van der Waals surface area contributed by atoms with Crippen molar-refractivity contribution in [1.29, 1.82) is 0 Å². The van der Waals surface area contributed by atoms with Crippen LogP contribution in [0, 0.1) is 0 Å². The fourth-order valence-corrected chi connectivity index (χ4v) is 1.85. The second kappa shape index (κ2) is 9.02. The van der Waals surface area contributed by atoms with E-state index >= 15 is 0 Å². The van der Waals surface area contributed by atoms with Crippen molar-refractivity contribution in [2.24, 2.45) is 4.99 Å². The number of carbonyl (C=O) groups excluding carboxylic acids is 1. The van der Waals surface area contributed by atoms with E-state index in [9.17, 15) is 4.79 Å². The average molecular weight is 320 g/mol. The molecular formula is C17H28N4O2. The molecule has 1 aromatic rings. The summed E-state index contributed by atoms with van der Waals surface area (Å²) in [6.45, 7) is 11.6. The van der Waals surface area contributed by atoms with E-state index in [1.54, 1.807) is 6.07 Å². The van der Waals surface area contributed by atoms with Gasteiger partial charge in [0, 0.05) is 30.8 Å². The zero-order valence-electron chi connectivity index (χ0n) is 14.7. The highest BCUT2D eigenvalue weighted by Gasteiger charge is 2.11. The Morgan fingerprint density at radius 2 is 2.04 bits per heavy atom. The van der Waals surface area contributed by atoms with Gasteiger partial charge in [-0.2, -0.15) is 0 Å². The Hall–Kier alpha value is -2.24. The number of carbonyl (C=O) groups is 1. The second-order valence-corrected chi connectivity index (χ2v) is 6.19. The SMILES string of the molecule is CCNC(=NCCOc1cccc(NC(C)=O)c1)NC(C)(C)C. The van der Waals surface area contributed by atoms with Crippen molar-refractivity contribution >= 4 is 17.6 Å². The molecule has 1 rings (SSSR count). The first-order chi connectivity index (χ1) is 10.8. The van der Waals surface area contributed by atoms with Gasteiger partial charge in [-0.25, -0.2) is 4.99 Å². The smallest absolute Gasteiger partial charge is 0.221 e. The van der Waals surface area contributed by atoms with Crippen molar-refractivity contribution in [3.63, 3.8) is 0 Å². The van der Waals surface area contributed by atoms with Crippen LogP contribution < -0.4 is 20.7 Å². The first kappa shape index (κ1) is 18.8. The maximum absolute atomic E-state index is 11.1. The van der Waals surface area contributed by atoms with Gasteiger partial charge in [-0.1, -0.05) is 6.07 Å². The molecule has 0 saturated carbocycles. The molecule has 0 atom stereocenters. The summed E-state index contributed by atoms with van der Waals surface area (Å²) in [5, 5.41) is 9.26. The zero-order valence-corrected chi connectivity index (χ0v) is 14.7. The zero-order chi connectivity index (χ0) is 17.3. The van der Waals surface area contributed by atoms with Crippen LogP contribution >= 0.6 is 0 Å². The predicted molar refractivity (Wildman–Crippen MR) is 95.1 cm³/mol. The van der Waals surface area contributed by atoms with Crippen LogP contribution in [0.25, 0.3) is 0 Å². The van der Waals surface area contributed by atoms with Crippen LogP contribution in [0.4, 0.5) is 5.69 Å². The number of anilines is 1. The third kappa shape index (κ3) is 8.70. The molecule has 0 spiro atoms. The largest absolute Gasteiger partial charge is 0.492 e. The Bertz CT molecular complexity index is 536. The lowest BCUT2D eigenvalue weighted by atomic mass is 10.1. The predicted octanol–water partition coefficient (Wildman–Crippen LogP) is 2.38. The quantitative estimate of drug-likeness (QED) is 0.427. The number of rotatable bonds is 6. The Kier molecular flexibility index (Phi) is 7.38. The summed E-state index contributed by atoms with van der Waals surface area (Å²) < 4.78 is 5.67. The summed E-state index contributed by atoms with van der Waals surface area (Å²) in [6, 6.07) is 7.31. The van der Waals surface area contributed by atoms with Crippen molar-refractivity contribution in [3.8, 4) is 5.75 Å². The molecule has 0 aliphatic heterocycles. The van der Waals surface area contributed by atoms with E-state index < -0.39 is 0 Å². The van der Waals surface area contributed by atoms with Crippen molar-refractivity contribution in [2.45, 2.75) is 40.2 Å². The molecule has 0 heterocycles. The molecule has 0 unspecified atom stereocenters. The number of hydrogen-bond donors (Lipinski definition) is 3. The highest BCUT2D eigenvalue weighted by molar-refractivity contribution is 5.88. The summed E-state index contributed by atoms with van der Waals surface area (Å²) in [5.41, 5.74) is 0.676. The van der Waals surface area contributed by atoms with Gasteiger partial charge in [0.05, 0.1) is 6.54 Å². The highest BCUT2D eigenvalue weighted by Crippen LogP contribution is 2.17. The van der Waals surface area contributed by atoms with Gasteiger partial charge in [0.15, 0.2) is 5.96 Å². The number of amides is 1. The minimum Gasteiger partial charge on any atom is -0.492 e. The Labute approximate surface area is 138 Å². The van der Waals surface area contributed by atoms with Crippen LogP contribution in [0.3, 0.4) is 0 Å². The molecule has 1 amide bonds. The monoisotopic (exact) mass is 320 g/mol. The summed E-state index contributed by atoms with van der Waals surface area (Å²) >= 11 is 0. The number of nitrogens with one attached hydrogen (secondary N) is 3. The molecule has 0 bridgehead atoms. The van der Waals surface area contributed by atoms with Gasteiger partial charge < -0.3 is 20.7 Å². The minimum absolute atomic E-state index is 0.0471. The molecular weight excluding hydrogens is 292 g/mol. The third-order valence-electron chi connectivity index (χ3n) is 2.62. The molecule has 6 heteroatoms. The molecule has 23 heavy (non-hydrogen) atoms. The van der Waals surface area contributed by atoms with Gasteiger partial charge in [0.25, 0.3) is 0 Å². The molecule has 1 aromatic carbocycles. The maximum Gasteiger partial charge on any atom is 0.221 e. The van der Waals surface area contributed by atoms with Crippen molar-refractivity contribution in [2.75, 3.05) is 25.0 Å². The Morgan fingerprint density at radius 3 is 2.65 bits per heavy atom. The van der Waals surface area contributed by atoms with Gasteiger partial charge in [0.2, 0.25) is 5.91 Å². The fraction of sp³-hybridized carbons (Fsp3) is 0.529. The highest BCUT2D eigenvalue weighted by atomic mass is 16.5. The second-order valence-electron chi connectivity index (χ2n) is 6.19. The molecule has 0 saturated heterocycles. The number of aliphatic imine (C=N–C) groups is 1. The van der Waals surface area contributed by atoms with Crippen molar-refractivity contribution in [1.82, 2.24) is 10.6 Å². The van der Waals surface area contributed by atoms with Crippen LogP contribution in [0.15, 0.2) is 29.3 Å². The molecule has 0 fully saturated rings. The van der Waals surface area contributed by atoms with E-state index in [1.807, 2.05) is 25.1 Å². The lowest BCUT2D eigenvalue weighted by Gasteiger charge is -2.23. The summed E-state index contributed by atoms with van der Waals surface area (Å²) in [6.07, 6.45) is 0. The average Bonchev–Trinajstić information content (AvgIpc) is 2.42. The fourth-order valence-electron chi connectivity index (χ4n) is 1.85. The molecule has 128 valence electrons. The number of nitrogens with zero attached hydrogens (tertiary/aromatic N) is 1. The number of hydrogen-bond acceptors (Lipinski definition) is 3. The van der Waals surface area contributed by atoms with Crippen LogP contribution in [0.2, 0.25) is 0 Å². The molecule has 0 aliphatic rings. The number of benzene rings is 1. The Balaban J connectivity index is 2.51. The summed E-state index contributed by atoms with van der Waals surface area (Å²) in [5.74, 6) is 1.38. The molecule has 3 N–H and O–H groups in total. The number of ether oxygens (including phenoxy) is 1. The van der Waals surface area contributed by atoms with Crippen molar-refractivity contribution in [3.05, 3.63) is 24.3 Å². The minimum atomic E-state index is -0.102. The van der Waals surface area contributed by atoms with E-state index in [0.29, 0.717) is 18.9 Å². The lowest BCUT2D eigenvalue weighted by molar-refractivity contribution is -0.114. The van der Waals surface area contributed by atoms with E-state index in [1.165, 1.54) is 6.92 Å². The standard InChI is InChI=1S/C17H28N4O2/c1-6-18-16(21-17(3,4)5)19-10-11-23-15-9-7-8-14(12-15)20-13(2)22/h7-9,12H,6,10-11H2,1-5H3,(H,20,22)(H2,18,19,21). The molecule has 0 radical (unpaired) electrons. The summed E-state index contributed by atoms with van der Waals surface area (Å²) in [4.78, 5) is 15.5. The van der Waals surface area contributed by atoms with E-state index in [2.05, 4.69) is 41.7 Å². The topological polar surface area (TPSA) is 74.8 Å². The summed E-state index contributed by atoms with van der Waals surface area (Å²) in [7, 11) is 0. The van der Waals surface area contributed by atoms with Gasteiger partial charge in [-0.15, -0.1) is 0 Å². The van der Waals surface area contributed by atoms with Gasteiger partial charge in [-0.05, 0) is 39.8 Å². The van der Waals surface area contributed by atoms with E-state index in [4.69, 9.17) is 4.74 Å². The lowest BCUT2D eigenvalue weighted by Crippen LogP contribution is -2.47. The van der Waals surface area contributed by atoms with Gasteiger partial charge in [0.1, 0.15) is 12.4 Å². The molecule has 0 aliphatic carbocycles. The molecule has 0 aromatic heterocycles. The maximum atomic E-state index is 11.1. The van der Waals surface area contributed by atoms with Gasteiger partial charge >= 0.3 is 0 Å². The van der Waals surface area contributed by atoms with Crippen LogP contribution in [-0.2, 0) is 4.79 Å². The third-order valence-corrected chi connectivity index (χ3v) is 2.62.